The highest BCUT2D eigenvalue weighted by atomic mass is 79.9. The highest BCUT2D eigenvalue weighted by Gasteiger charge is 1.97. The lowest BCUT2D eigenvalue weighted by molar-refractivity contribution is 0.900. The van der Waals surface area contributed by atoms with Crippen LogP contribution in [0.15, 0.2) is 17.0 Å². The van der Waals surface area contributed by atoms with Crippen molar-refractivity contribution in [2.75, 3.05) is 6.54 Å². The zero-order chi connectivity index (χ0) is 7.40. The van der Waals surface area contributed by atoms with Crippen LogP contribution in [0.4, 0.5) is 0 Å². The quantitative estimate of drug-likeness (QED) is 0.769. The van der Waals surface area contributed by atoms with E-state index in [1.54, 1.807) is 6.20 Å². The van der Waals surface area contributed by atoms with Gasteiger partial charge in [-0.05, 0) is 22.5 Å². The van der Waals surface area contributed by atoms with Gasteiger partial charge >= 0.3 is 0 Å². The molecule has 0 aromatic carbocycles. The monoisotopic (exact) mass is 201 g/mol. The van der Waals surface area contributed by atoms with E-state index in [0.717, 1.165) is 16.6 Å². The summed E-state index contributed by atoms with van der Waals surface area (Å²) in [4.78, 5) is 7.86. The van der Waals surface area contributed by atoms with E-state index in [1.807, 2.05) is 0 Å². The molecule has 0 saturated carbocycles. The van der Waals surface area contributed by atoms with Crippen LogP contribution in [0.2, 0.25) is 0 Å². The molecule has 0 saturated heterocycles. The zero-order valence-electron chi connectivity index (χ0n) is 5.42. The van der Waals surface area contributed by atoms with Crippen molar-refractivity contribution in [3.05, 3.63) is 22.7 Å². The van der Waals surface area contributed by atoms with Gasteiger partial charge in [-0.3, -0.25) is 0 Å². The predicted octanol–water partition coefficient (Wildman–Crippen LogP) is 0.740. The van der Waals surface area contributed by atoms with E-state index in [4.69, 9.17) is 5.73 Å². The molecular formula is C6H8BrN3. The molecule has 2 N–H and O–H groups in total. The average molecular weight is 202 g/mol. The van der Waals surface area contributed by atoms with Crippen molar-refractivity contribution in [3.63, 3.8) is 0 Å². The molecule has 0 atom stereocenters. The number of aromatic nitrogens is 2. The van der Waals surface area contributed by atoms with Crippen molar-refractivity contribution >= 4 is 15.9 Å². The Morgan fingerprint density at radius 2 is 2.40 bits per heavy atom. The van der Waals surface area contributed by atoms with Crippen LogP contribution in [-0.4, -0.2) is 16.5 Å². The summed E-state index contributed by atoms with van der Waals surface area (Å²) in [6, 6.07) is 0. The summed E-state index contributed by atoms with van der Waals surface area (Å²) in [6.07, 6.45) is 4.04. The van der Waals surface area contributed by atoms with Crippen LogP contribution in [0.1, 0.15) is 5.69 Å². The van der Waals surface area contributed by atoms with Gasteiger partial charge in [0.2, 0.25) is 0 Å². The summed E-state index contributed by atoms with van der Waals surface area (Å²) in [7, 11) is 0. The molecule has 1 aromatic rings. The highest BCUT2D eigenvalue weighted by Crippen LogP contribution is 2.11. The van der Waals surface area contributed by atoms with E-state index in [9.17, 15) is 0 Å². The summed E-state index contributed by atoms with van der Waals surface area (Å²) >= 11 is 3.32. The lowest BCUT2D eigenvalue weighted by atomic mass is 10.3. The fraction of sp³-hybridized carbons (Fsp3) is 0.333. The second kappa shape index (κ2) is 3.63. The van der Waals surface area contributed by atoms with Crippen molar-refractivity contribution in [1.82, 2.24) is 9.97 Å². The fourth-order valence-corrected chi connectivity index (χ4v) is 1.08. The molecule has 0 aliphatic rings. The standard InChI is InChI=1S/C6H8BrN3/c7-5-3-9-4-10-6(5)1-2-8/h3-4H,1-2,8H2. The zero-order valence-corrected chi connectivity index (χ0v) is 7.00. The van der Waals surface area contributed by atoms with Gasteiger partial charge in [0.1, 0.15) is 6.33 Å². The first-order chi connectivity index (χ1) is 4.84. The maximum Gasteiger partial charge on any atom is 0.115 e. The Hall–Kier alpha value is -0.480. The molecule has 1 rings (SSSR count). The summed E-state index contributed by atoms with van der Waals surface area (Å²) in [6.45, 7) is 0.621. The molecule has 0 spiro atoms. The minimum Gasteiger partial charge on any atom is -0.330 e. The van der Waals surface area contributed by atoms with Gasteiger partial charge in [0.25, 0.3) is 0 Å². The molecule has 0 fully saturated rings. The van der Waals surface area contributed by atoms with Gasteiger partial charge < -0.3 is 5.73 Å². The lowest BCUT2D eigenvalue weighted by Gasteiger charge is -1.97. The lowest BCUT2D eigenvalue weighted by Crippen LogP contribution is -2.05. The molecule has 0 radical (unpaired) electrons. The Morgan fingerprint density at radius 3 is 3.00 bits per heavy atom. The maximum atomic E-state index is 5.35. The van der Waals surface area contributed by atoms with E-state index < -0.39 is 0 Å². The molecule has 54 valence electrons. The highest BCUT2D eigenvalue weighted by molar-refractivity contribution is 9.10. The predicted molar refractivity (Wildman–Crippen MR) is 42.5 cm³/mol. The molecule has 0 aliphatic heterocycles. The molecule has 1 aromatic heterocycles. The van der Waals surface area contributed by atoms with Crippen LogP contribution in [0.5, 0.6) is 0 Å². The van der Waals surface area contributed by atoms with Gasteiger partial charge in [0, 0.05) is 12.6 Å². The van der Waals surface area contributed by atoms with Gasteiger partial charge in [-0.25, -0.2) is 9.97 Å². The minimum atomic E-state index is 0.621. The van der Waals surface area contributed by atoms with E-state index in [0.29, 0.717) is 6.54 Å². The number of hydrogen-bond acceptors (Lipinski definition) is 3. The third kappa shape index (κ3) is 1.75. The number of halogens is 1. The topological polar surface area (TPSA) is 51.8 Å². The van der Waals surface area contributed by atoms with Gasteiger partial charge in [-0.15, -0.1) is 0 Å². The van der Waals surface area contributed by atoms with E-state index in [2.05, 4.69) is 25.9 Å². The first-order valence-corrected chi connectivity index (χ1v) is 3.78. The second-order valence-electron chi connectivity index (χ2n) is 1.86. The van der Waals surface area contributed by atoms with Crippen LogP contribution in [0.25, 0.3) is 0 Å². The van der Waals surface area contributed by atoms with E-state index in [1.165, 1.54) is 6.33 Å². The second-order valence-corrected chi connectivity index (χ2v) is 2.71. The molecule has 0 bridgehead atoms. The van der Waals surface area contributed by atoms with Crippen molar-refractivity contribution in [2.24, 2.45) is 5.73 Å². The molecule has 1 heterocycles. The SMILES string of the molecule is NCCc1ncncc1Br. The van der Waals surface area contributed by atoms with Crippen LogP contribution < -0.4 is 5.73 Å². The Bertz CT molecular complexity index is 214. The summed E-state index contributed by atoms with van der Waals surface area (Å²) in [5, 5.41) is 0. The molecule has 4 heteroatoms. The van der Waals surface area contributed by atoms with Crippen LogP contribution in [0.3, 0.4) is 0 Å². The summed E-state index contributed by atoms with van der Waals surface area (Å²) < 4.78 is 0.931. The molecule has 0 unspecified atom stereocenters. The van der Waals surface area contributed by atoms with Gasteiger partial charge in [0.05, 0.1) is 10.2 Å². The molecule has 0 amide bonds. The maximum absolute atomic E-state index is 5.35. The molecular weight excluding hydrogens is 194 g/mol. The number of nitrogens with two attached hydrogens (primary N) is 1. The van der Waals surface area contributed by atoms with Gasteiger partial charge in [-0.1, -0.05) is 0 Å². The normalized spacial score (nSPS) is 9.80. The van der Waals surface area contributed by atoms with Crippen LogP contribution >= 0.6 is 15.9 Å². The van der Waals surface area contributed by atoms with Crippen molar-refractivity contribution < 1.29 is 0 Å². The fourth-order valence-electron chi connectivity index (χ4n) is 0.659. The molecule has 10 heavy (non-hydrogen) atoms. The Balaban J connectivity index is 2.81. The summed E-state index contributed by atoms with van der Waals surface area (Å²) in [5.41, 5.74) is 6.32. The van der Waals surface area contributed by atoms with Crippen molar-refractivity contribution in [2.45, 2.75) is 6.42 Å². The third-order valence-corrected chi connectivity index (χ3v) is 1.79. The largest absolute Gasteiger partial charge is 0.330 e. The number of hydrogen-bond donors (Lipinski definition) is 1. The van der Waals surface area contributed by atoms with Crippen LogP contribution in [-0.2, 0) is 6.42 Å². The van der Waals surface area contributed by atoms with Crippen molar-refractivity contribution in [1.29, 1.82) is 0 Å². The molecule has 3 nitrogen and oxygen atoms in total. The first kappa shape index (κ1) is 7.63. The first-order valence-electron chi connectivity index (χ1n) is 2.99. The minimum absolute atomic E-state index is 0.621. The Kier molecular flexibility index (Phi) is 2.77. The Labute approximate surface area is 67.8 Å². The number of nitrogens with zero attached hydrogens (tertiary/aromatic N) is 2. The average Bonchev–Trinajstić information content (AvgIpc) is 1.94. The van der Waals surface area contributed by atoms with Crippen LogP contribution in [0, 0.1) is 0 Å². The van der Waals surface area contributed by atoms with Gasteiger partial charge in [0.15, 0.2) is 0 Å². The third-order valence-electron chi connectivity index (χ3n) is 1.12. The van der Waals surface area contributed by atoms with E-state index in [-0.39, 0.29) is 0 Å². The van der Waals surface area contributed by atoms with Crippen molar-refractivity contribution in [3.8, 4) is 0 Å². The smallest absolute Gasteiger partial charge is 0.115 e. The van der Waals surface area contributed by atoms with E-state index >= 15 is 0 Å². The Morgan fingerprint density at radius 1 is 1.60 bits per heavy atom. The molecule has 0 aliphatic carbocycles. The number of rotatable bonds is 2. The van der Waals surface area contributed by atoms with Gasteiger partial charge in [-0.2, -0.15) is 0 Å². The summed E-state index contributed by atoms with van der Waals surface area (Å²) in [5.74, 6) is 0.